The average Bonchev–Trinajstić information content (AvgIpc) is 3.16. The van der Waals surface area contributed by atoms with Crippen molar-refractivity contribution in [2.75, 3.05) is 34.9 Å². The molecule has 0 saturated carbocycles. The van der Waals surface area contributed by atoms with Crippen molar-refractivity contribution in [3.63, 3.8) is 0 Å². The smallest absolute Gasteiger partial charge is 0.309 e. The Kier molecular flexibility index (Phi) is 21.1. The van der Waals surface area contributed by atoms with Crippen LogP contribution < -0.4 is 0 Å². The van der Waals surface area contributed by atoms with Gasteiger partial charge in [0.15, 0.2) is 12.6 Å². The Bertz CT molecular complexity index is 1340. The Labute approximate surface area is 352 Å². The third-order valence-electron chi connectivity index (χ3n) is 11.8. The van der Waals surface area contributed by atoms with Crippen molar-refractivity contribution in [1.29, 1.82) is 0 Å². The molecule has 16 atom stereocenters. The maximum atomic E-state index is 13.4. The first kappa shape index (κ1) is 51.0. The number of carbonyl (C=O) groups is 3. The molecule has 340 valence electrons. The lowest BCUT2D eigenvalue weighted by molar-refractivity contribution is -0.347. The number of ether oxygens (including phenoxy) is 9. The number of carbonyl (C=O) groups excluding carboxylic acids is 3. The van der Waals surface area contributed by atoms with Gasteiger partial charge in [-0.25, -0.2) is 0 Å². The highest BCUT2D eigenvalue weighted by Crippen LogP contribution is 2.39. The van der Waals surface area contributed by atoms with Crippen molar-refractivity contribution in [1.82, 2.24) is 4.90 Å². The second kappa shape index (κ2) is 24.4. The summed E-state index contributed by atoms with van der Waals surface area (Å²) in [5.74, 6) is -1.75. The van der Waals surface area contributed by atoms with Crippen LogP contribution in [0.4, 0.5) is 0 Å². The van der Waals surface area contributed by atoms with Gasteiger partial charge in [-0.1, -0.05) is 52.0 Å². The molecule has 0 amide bonds. The molecule has 59 heavy (non-hydrogen) atoms. The highest BCUT2D eigenvalue weighted by molar-refractivity contribution is 5.72. The molecule has 3 rings (SSSR count). The Morgan fingerprint density at radius 1 is 1.03 bits per heavy atom. The lowest BCUT2D eigenvalue weighted by Gasteiger charge is -2.51. The van der Waals surface area contributed by atoms with E-state index in [0.717, 1.165) is 12.7 Å². The van der Waals surface area contributed by atoms with Crippen molar-refractivity contribution in [2.45, 2.75) is 186 Å². The van der Waals surface area contributed by atoms with E-state index in [1.165, 1.54) is 7.11 Å². The molecule has 15 nitrogen and oxygen atoms in total. The zero-order valence-corrected chi connectivity index (χ0v) is 37.5. The van der Waals surface area contributed by atoms with Crippen molar-refractivity contribution >= 4 is 18.2 Å². The molecular formula is C44H75NO14. The molecule has 0 spiro atoms. The van der Waals surface area contributed by atoms with E-state index in [1.807, 2.05) is 52.8 Å². The molecule has 2 fully saturated rings. The number of rotatable bonds is 15. The fraction of sp³-hybridized carbons (Fsp3) is 0.841. The summed E-state index contributed by atoms with van der Waals surface area (Å²) >= 11 is 0. The van der Waals surface area contributed by atoms with E-state index in [2.05, 4.69) is 13.8 Å². The highest BCUT2D eigenvalue weighted by atomic mass is 16.7. The normalized spacial score (nSPS) is 40.3. The number of likely N-dealkylation sites (N-methyl/N-ethyl adjacent to an activating group) is 1. The summed E-state index contributed by atoms with van der Waals surface area (Å²) in [6.07, 6.45) is -0.932. The number of hydrogen-bond donors (Lipinski definition) is 2. The number of nitrogens with zero attached hydrogens (tertiary/aromatic N) is 1. The van der Waals surface area contributed by atoms with Gasteiger partial charge >= 0.3 is 11.9 Å². The largest absolute Gasteiger partial charge is 0.462 e. The molecule has 3 aliphatic heterocycles. The molecule has 15 heteroatoms. The molecule has 2 N–H and O–H groups in total. The minimum atomic E-state index is -1.32. The summed E-state index contributed by atoms with van der Waals surface area (Å²) < 4.78 is 56.2. The number of hydrogen-bond acceptors (Lipinski definition) is 15. The van der Waals surface area contributed by atoms with Crippen LogP contribution in [0.5, 0.6) is 0 Å². The van der Waals surface area contributed by atoms with E-state index in [-0.39, 0.29) is 43.8 Å². The highest BCUT2D eigenvalue weighted by Gasteiger charge is 2.53. The predicted molar refractivity (Wildman–Crippen MR) is 219 cm³/mol. The molecule has 0 unspecified atom stereocenters. The van der Waals surface area contributed by atoms with Crippen molar-refractivity contribution < 1.29 is 67.2 Å². The van der Waals surface area contributed by atoms with Gasteiger partial charge in [0.05, 0.1) is 42.5 Å². The van der Waals surface area contributed by atoms with Crippen LogP contribution in [0.1, 0.15) is 100 Å². The monoisotopic (exact) mass is 842 g/mol. The van der Waals surface area contributed by atoms with Gasteiger partial charge in [-0.3, -0.25) is 9.59 Å². The average molecular weight is 842 g/mol. The first-order valence-electron chi connectivity index (χ1n) is 21.4. The van der Waals surface area contributed by atoms with Crippen LogP contribution in [-0.4, -0.2) is 154 Å². The molecule has 0 aromatic heterocycles. The fourth-order valence-electron chi connectivity index (χ4n) is 8.30. The maximum Gasteiger partial charge on any atom is 0.309 e. The minimum Gasteiger partial charge on any atom is -0.462 e. The lowest BCUT2D eigenvalue weighted by atomic mass is 9.82. The van der Waals surface area contributed by atoms with Crippen LogP contribution in [0.15, 0.2) is 24.3 Å². The summed E-state index contributed by atoms with van der Waals surface area (Å²) in [6, 6.07) is -0.683. The Morgan fingerprint density at radius 2 is 1.75 bits per heavy atom. The second-order valence-electron chi connectivity index (χ2n) is 17.3. The first-order chi connectivity index (χ1) is 27.9. The van der Waals surface area contributed by atoms with Gasteiger partial charge in [-0.05, 0) is 72.4 Å². The second-order valence-corrected chi connectivity index (χ2v) is 17.3. The minimum absolute atomic E-state index is 0.0226. The number of esters is 2. The van der Waals surface area contributed by atoms with Crippen molar-refractivity contribution in [3.8, 4) is 0 Å². The Morgan fingerprint density at radius 3 is 2.36 bits per heavy atom. The summed E-state index contributed by atoms with van der Waals surface area (Å²) in [5, 5.41) is 23.3. The number of aliphatic hydroxyl groups excluding tert-OH is 2. The summed E-state index contributed by atoms with van der Waals surface area (Å²) in [6.45, 7) is 15.8. The van der Waals surface area contributed by atoms with Gasteiger partial charge in [0.2, 0.25) is 0 Å². The van der Waals surface area contributed by atoms with Crippen molar-refractivity contribution in [2.24, 2.45) is 17.8 Å². The summed E-state index contributed by atoms with van der Waals surface area (Å²) in [7, 11) is 6.69. The number of allylic oxidation sites excluding steroid dienone is 2. The number of methoxy groups -OCH3 is 2. The molecule has 2 saturated heterocycles. The standard InChI is InChI=1S/C44H75NO14/c1-13-34(48)57-33-24-35(49)54-28(5)17-15-14-16-18-32(47)27(4)23-31(19-21-46)40(41(33)51-11)59-43-38(50)37(45(9)10)39(29(6)56-43)58-36-25-44(8,52-12)42(30(7)55-36)53-22-20-26(2)3/h14-16,18,21,26-33,36-43,47,50H,13,17,19-20,22-25H2,1-12H3/b15-14+,18-16+/t27-,28-,29-,30+,31+,32+,33-,36+,37-,38-,39-,40+,41+,42+,43+,44-/m1/s1. The van der Waals surface area contributed by atoms with E-state index >= 15 is 0 Å². The fourth-order valence-corrected chi connectivity index (χ4v) is 8.30. The number of cyclic esters (lactones) is 1. The van der Waals surface area contributed by atoms with Crippen molar-refractivity contribution in [3.05, 3.63) is 24.3 Å². The Balaban J connectivity index is 2.00. The van der Waals surface area contributed by atoms with Crippen LogP contribution in [0.25, 0.3) is 0 Å². The lowest BCUT2D eigenvalue weighted by Crippen LogP contribution is -2.66. The van der Waals surface area contributed by atoms with Crippen LogP contribution in [0, 0.1) is 17.8 Å². The van der Waals surface area contributed by atoms with E-state index < -0.39 is 90.9 Å². The molecule has 3 heterocycles. The molecule has 0 bridgehead atoms. The van der Waals surface area contributed by atoms with Gasteiger partial charge < -0.3 is 62.5 Å². The SMILES string of the molecule is CCC(=O)O[C@@H]1CC(=O)O[C@H](C)C/C=C/C=C/[C@H](O)[C@H](C)C[C@H](CC=O)[C@H](O[C@@H]2O[C@H](C)[C@@H](O[C@H]3C[C@@](C)(OC)[C@@H](OCCC(C)C)[C@H](C)O3)[C@H](N(C)C)[C@H]2O)[C@H]1OC. The third kappa shape index (κ3) is 14.6. The third-order valence-corrected chi connectivity index (χ3v) is 11.8. The molecule has 0 aromatic carbocycles. The Hall–Kier alpha value is -2.31. The molecule has 3 aliphatic rings. The van der Waals surface area contributed by atoms with Crippen LogP contribution in [-0.2, 0) is 57.0 Å². The van der Waals surface area contributed by atoms with E-state index in [9.17, 15) is 24.6 Å². The topological polar surface area (TPSA) is 178 Å². The van der Waals surface area contributed by atoms with Gasteiger partial charge in [-0.15, -0.1) is 0 Å². The first-order valence-corrected chi connectivity index (χ1v) is 21.4. The van der Waals surface area contributed by atoms with Crippen LogP contribution in [0.2, 0.25) is 0 Å². The van der Waals surface area contributed by atoms with Gasteiger partial charge in [-0.2, -0.15) is 0 Å². The van der Waals surface area contributed by atoms with E-state index in [1.54, 1.807) is 39.2 Å². The maximum absolute atomic E-state index is 13.4. The van der Waals surface area contributed by atoms with E-state index in [4.69, 9.17) is 42.6 Å². The van der Waals surface area contributed by atoms with Gasteiger partial charge in [0, 0.05) is 46.5 Å². The van der Waals surface area contributed by atoms with Gasteiger partial charge in [0.25, 0.3) is 0 Å². The number of aliphatic hydroxyl groups is 2. The zero-order valence-electron chi connectivity index (χ0n) is 37.5. The molecule has 0 aromatic rings. The molecule has 0 aliphatic carbocycles. The predicted octanol–water partition coefficient (Wildman–Crippen LogP) is 4.53. The summed E-state index contributed by atoms with van der Waals surface area (Å²) in [4.78, 5) is 40.4. The quantitative estimate of drug-likeness (QED) is 0.174. The summed E-state index contributed by atoms with van der Waals surface area (Å²) in [5.41, 5.74) is -0.720. The van der Waals surface area contributed by atoms with E-state index in [0.29, 0.717) is 25.4 Å². The van der Waals surface area contributed by atoms with Crippen LogP contribution >= 0.6 is 0 Å². The van der Waals surface area contributed by atoms with Crippen LogP contribution in [0.3, 0.4) is 0 Å². The zero-order chi connectivity index (χ0) is 44.0. The van der Waals surface area contributed by atoms with Gasteiger partial charge in [0.1, 0.15) is 42.9 Å². The molecular weight excluding hydrogens is 766 g/mol. The molecule has 0 radical (unpaired) electrons. The number of aldehydes is 1.